The van der Waals surface area contributed by atoms with Gasteiger partial charge in [-0.15, -0.1) is 0 Å². The van der Waals surface area contributed by atoms with E-state index in [1.165, 1.54) is 18.2 Å². The maximum Gasteiger partial charge on any atom is 0.261 e. The van der Waals surface area contributed by atoms with Crippen molar-refractivity contribution in [1.82, 2.24) is 10.2 Å². The Labute approximate surface area is 181 Å². The lowest BCUT2D eigenvalue weighted by Crippen LogP contribution is -2.16. The number of sulfonamides is 1. The molecule has 7 nitrogen and oxygen atoms in total. The number of nitrogens with zero attached hydrogens (tertiary/aromatic N) is 1. The fraction of sp³-hybridized carbons (Fsp3) is 0.0476. The number of benzene rings is 3. The number of carbonyl (C=O) groups is 1. The van der Waals surface area contributed by atoms with E-state index in [1.807, 2.05) is 19.1 Å². The van der Waals surface area contributed by atoms with Crippen LogP contribution in [0.2, 0.25) is 0 Å². The van der Waals surface area contributed by atoms with Gasteiger partial charge in [0, 0.05) is 15.4 Å². The summed E-state index contributed by atoms with van der Waals surface area (Å²) >= 11 is 3.35. The number of aromatic nitrogens is 2. The number of fused-ring (bicyclic) bond motifs is 1. The smallest absolute Gasteiger partial charge is 0.261 e. The molecule has 0 bridgehead atoms. The highest BCUT2D eigenvalue weighted by Gasteiger charge is 2.18. The number of H-pyrrole nitrogens is 1. The fourth-order valence-corrected chi connectivity index (χ4v) is 4.59. The zero-order valence-corrected chi connectivity index (χ0v) is 18.2. The van der Waals surface area contributed by atoms with E-state index in [2.05, 4.69) is 36.2 Å². The second-order valence-corrected chi connectivity index (χ2v) is 9.25. The second kappa shape index (κ2) is 7.92. The minimum Gasteiger partial charge on any atom is -0.320 e. The van der Waals surface area contributed by atoms with Gasteiger partial charge in [0.05, 0.1) is 28.0 Å². The Morgan fingerprint density at radius 1 is 1.03 bits per heavy atom. The summed E-state index contributed by atoms with van der Waals surface area (Å²) in [4.78, 5) is 12.7. The summed E-state index contributed by atoms with van der Waals surface area (Å²) in [5.41, 5.74) is 2.82. The van der Waals surface area contributed by atoms with Gasteiger partial charge in [0.25, 0.3) is 15.9 Å². The maximum absolute atomic E-state index is 12.9. The standard InChI is InChI=1S/C21H17BrN4O3S/c1-13-8-9-17(22)19(10-13)26-30(28,29)16-6-2-4-14(11-16)21(27)24-18-7-3-5-15-12-23-25-20(15)18/h2-12,26H,1H3,(H,23,25)(H,24,27). The van der Waals surface area contributed by atoms with E-state index in [0.717, 1.165) is 10.9 Å². The summed E-state index contributed by atoms with van der Waals surface area (Å²) in [5, 5.41) is 10.5. The van der Waals surface area contributed by atoms with Crippen molar-refractivity contribution in [1.29, 1.82) is 0 Å². The number of nitrogens with one attached hydrogen (secondary N) is 3. The number of rotatable bonds is 5. The monoisotopic (exact) mass is 484 g/mol. The molecule has 1 aromatic heterocycles. The Bertz CT molecular complexity index is 1370. The molecule has 9 heteroatoms. The first-order chi connectivity index (χ1) is 14.3. The quantitative estimate of drug-likeness (QED) is 0.382. The Balaban J connectivity index is 1.61. The average molecular weight is 485 g/mol. The van der Waals surface area contributed by atoms with Gasteiger partial charge in [-0.05, 0) is 64.8 Å². The zero-order valence-electron chi connectivity index (χ0n) is 15.8. The number of aryl methyl sites for hydroxylation is 1. The summed E-state index contributed by atoms with van der Waals surface area (Å²) in [7, 11) is -3.88. The number of halogens is 1. The molecule has 1 heterocycles. The molecule has 0 unspecified atom stereocenters. The Kier molecular flexibility index (Phi) is 5.31. The van der Waals surface area contributed by atoms with Gasteiger partial charge in [0.15, 0.2) is 0 Å². The van der Waals surface area contributed by atoms with Crippen molar-refractivity contribution in [3.63, 3.8) is 0 Å². The first-order valence-corrected chi connectivity index (χ1v) is 11.2. The second-order valence-electron chi connectivity index (χ2n) is 6.71. The number of carbonyl (C=O) groups excluding carboxylic acids is 1. The minimum absolute atomic E-state index is 0.0108. The summed E-state index contributed by atoms with van der Waals surface area (Å²) < 4.78 is 28.9. The van der Waals surface area contributed by atoms with Gasteiger partial charge in [0.1, 0.15) is 0 Å². The highest BCUT2D eigenvalue weighted by molar-refractivity contribution is 9.10. The van der Waals surface area contributed by atoms with Crippen LogP contribution in [0.1, 0.15) is 15.9 Å². The normalized spacial score (nSPS) is 11.4. The molecule has 0 saturated heterocycles. The molecule has 30 heavy (non-hydrogen) atoms. The van der Waals surface area contributed by atoms with Crippen LogP contribution >= 0.6 is 15.9 Å². The van der Waals surface area contributed by atoms with Crippen molar-refractivity contribution in [3.8, 4) is 0 Å². The molecular weight excluding hydrogens is 468 g/mol. The van der Waals surface area contributed by atoms with E-state index in [1.54, 1.807) is 36.5 Å². The average Bonchev–Trinajstić information content (AvgIpc) is 3.20. The van der Waals surface area contributed by atoms with Crippen LogP contribution in [-0.2, 0) is 10.0 Å². The molecule has 1 amide bonds. The Morgan fingerprint density at radius 2 is 1.83 bits per heavy atom. The molecule has 0 atom stereocenters. The van der Waals surface area contributed by atoms with E-state index < -0.39 is 15.9 Å². The third-order valence-corrected chi connectivity index (χ3v) is 6.55. The number of anilines is 2. The first kappa shape index (κ1) is 20.1. The highest BCUT2D eigenvalue weighted by atomic mass is 79.9. The van der Waals surface area contributed by atoms with Crippen molar-refractivity contribution < 1.29 is 13.2 Å². The van der Waals surface area contributed by atoms with E-state index in [-0.39, 0.29) is 10.5 Å². The van der Waals surface area contributed by atoms with Gasteiger partial charge >= 0.3 is 0 Å². The molecular formula is C21H17BrN4O3S. The third-order valence-electron chi connectivity index (χ3n) is 4.50. The van der Waals surface area contributed by atoms with Gasteiger partial charge in [0.2, 0.25) is 0 Å². The van der Waals surface area contributed by atoms with Gasteiger partial charge in [-0.2, -0.15) is 5.10 Å². The van der Waals surface area contributed by atoms with Crippen molar-refractivity contribution in [2.75, 3.05) is 10.0 Å². The van der Waals surface area contributed by atoms with Crippen molar-refractivity contribution in [2.24, 2.45) is 0 Å². The Hall–Kier alpha value is -3.17. The molecule has 4 rings (SSSR count). The molecule has 0 aliphatic carbocycles. The topological polar surface area (TPSA) is 104 Å². The number of amides is 1. The van der Waals surface area contributed by atoms with Crippen LogP contribution in [0.4, 0.5) is 11.4 Å². The van der Waals surface area contributed by atoms with Crippen LogP contribution in [0, 0.1) is 6.92 Å². The van der Waals surface area contributed by atoms with Crippen molar-refractivity contribution in [2.45, 2.75) is 11.8 Å². The summed E-state index contributed by atoms with van der Waals surface area (Å²) in [6.45, 7) is 1.87. The number of aromatic amines is 1. The molecule has 0 spiro atoms. The fourth-order valence-electron chi connectivity index (χ4n) is 2.99. The van der Waals surface area contributed by atoms with Crippen molar-refractivity contribution in [3.05, 3.63) is 82.5 Å². The SMILES string of the molecule is Cc1ccc(Br)c(NS(=O)(=O)c2cccc(C(=O)Nc3cccc4cn[nH]c34)c2)c1. The predicted molar refractivity (Wildman–Crippen MR) is 120 cm³/mol. The first-order valence-electron chi connectivity index (χ1n) is 8.96. The van der Waals surface area contributed by atoms with E-state index in [4.69, 9.17) is 0 Å². The molecule has 152 valence electrons. The van der Waals surface area contributed by atoms with E-state index >= 15 is 0 Å². The van der Waals surface area contributed by atoms with Crippen molar-refractivity contribution >= 4 is 54.1 Å². The minimum atomic E-state index is -3.88. The Morgan fingerprint density at radius 3 is 2.67 bits per heavy atom. The predicted octanol–water partition coefficient (Wildman–Crippen LogP) is 4.69. The highest BCUT2D eigenvalue weighted by Crippen LogP contribution is 2.27. The molecule has 0 radical (unpaired) electrons. The number of para-hydroxylation sites is 1. The molecule has 0 fully saturated rings. The summed E-state index contributed by atoms with van der Waals surface area (Å²) in [5.74, 6) is -0.425. The zero-order chi connectivity index (χ0) is 21.3. The summed E-state index contributed by atoms with van der Waals surface area (Å²) in [6, 6.07) is 16.7. The lowest BCUT2D eigenvalue weighted by atomic mass is 10.2. The third kappa shape index (κ3) is 4.07. The van der Waals surface area contributed by atoms with Gasteiger partial charge in [-0.3, -0.25) is 14.6 Å². The molecule has 3 aromatic carbocycles. The maximum atomic E-state index is 12.9. The van der Waals surface area contributed by atoms with Gasteiger partial charge < -0.3 is 5.32 Å². The van der Waals surface area contributed by atoms with E-state index in [9.17, 15) is 13.2 Å². The lowest BCUT2D eigenvalue weighted by Gasteiger charge is -2.12. The number of hydrogen-bond acceptors (Lipinski definition) is 4. The van der Waals surface area contributed by atoms with Gasteiger partial charge in [-0.25, -0.2) is 8.42 Å². The molecule has 0 saturated carbocycles. The largest absolute Gasteiger partial charge is 0.320 e. The van der Waals surface area contributed by atoms with E-state index in [0.29, 0.717) is 21.4 Å². The van der Waals surface area contributed by atoms with Crippen LogP contribution in [0.25, 0.3) is 10.9 Å². The molecule has 3 N–H and O–H groups in total. The molecule has 0 aliphatic rings. The van der Waals surface area contributed by atoms with Crippen LogP contribution in [-0.4, -0.2) is 24.5 Å². The lowest BCUT2D eigenvalue weighted by molar-refractivity contribution is 0.102. The molecule has 4 aromatic rings. The molecule has 0 aliphatic heterocycles. The van der Waals surface area contributed by atoms with Gasteiger partial charge in [-0.1, -0.05) is 24.3 Å². The van der Waals surface area contributed by atoms with Crippen LogP contribution in [0.5, 0.6) is 0 Å². The van der Waals surface area contributed by atoms with Crippen LogP contribution in [0.15, 0.2) is 76.2 Å². The van der Waals surface area contributed by atoms with Crippen LogP contribution in [0.3, 0.4) is 0 Å². The van der Waals surface area contributed by atoms with Crippen LogP contribution < -0.4 is 10.0 Å². The number of hydrogen-bond donors (Lipinski definition) is 3. The summed E-state index contributed by atoms with van der Waals surface area (Å²) in [6.07, 6.45) is 1.66.